The molecule has 1 aromatic carbocycles. The van der Waals surface area contributed by atoms with Gasteiger partial charge in [0.05, 0.1) is 18.4 Å². The lowest BCUT2D eigenvalue weighted by Crippen LogP contribution is -2.44. The number of rotatable bonds is 8. The molecule has 3 heterocycles. The predicted octanol–water partition coefficient (Wildman–Crippen LogP) is 3.03. The lowest BCUT2D eigenvalue weighted by Gasteiger charge is -2.33. The van der Waals surface area contributed by atoms with Gasteiger partial charge in [-0.25, -0.2) is 4.98 Å². The summed E-state index contributed by atoms with van der Waals surface area (Å²) < 4.78 is 0. The Morgan fingerprint density at radius 2 is 2.03 bits per heavy atom. The van der Waals surface area contributed by atoms with Crippen molar-refractivity contribution in [3.63, 3.8) is 0 Å². The Balaban J connectivity index is 1.32. The second-order valence-electron chi connectivity index (χ2n) is 8.80. The average Bonchev–Trinajstić information content (AvgIpc) is 2.82. The minimum atomic E-state index is -0.920. The van der Waals surface area contributed by atoms with Crippen LogP contribution in [0.1, 0.15) is 48.5 Å². The molecule has 1 saturated heterocycles. The molecule has 170 valence electrons. The topological polar surface area (TPSA) is 94.6 Å². The molecular formula is C25H32N4O3. The fraction of sp³-hybridized carbons (Fsp3) is 0.480. The van der Waals surface area contributed by atoms with Crippen LogP contribution in [0.2, 0.25) is 0 Å². The third-order valence-corrected chi connectivity index (χ3v) is 6.41. The van der Waals surface area contributed by atoms with Gasteiger partial charge in [0.15, 0.2) is 0 Å². The van der Waals surface area contributed by atoms with Gasteiger partial charge < -0.3 is 20.6 Å². The highest BCUT2D eigenvalue weighted by Crippen LogP contribution is 2.23. The van der Waals surface area contributed by atoms with Gasteiger partial charge in [0.25, 0.3) is 0 Å². The van der Waals surface area contributed by atoms with Gasteiger partial charge in [-0.1, -0.05) is 36.4 Å². The zero-order valence-corrected chi connectivity index (χ0v) is 18.4. The van der Waals surface area contributed by atoms with Gasteiger partial charge in [-0.05, 0) is 49.4 Å². The molecule has 2 atom stereocenters. The van der Waals surface area contributed by atoms with Gasteiger partial charge in [0.2, 0.25) is 5.91 Å². The highest BCUT2D eigenvalue weighted by molar-refractivity contribution is 5.80. The van der Waals surface area contributed by atoms with E-state index in [-0.39, 0.29) is 18.2 Å². The Kier molecular flexibility index (Phi) is 7.37. The molecule has 32 heavy (non-hydrogen) atoms. The molecule has 0 saturated carbocycles. The van der Waals surface area contributed by atoms with E-state index in [1.807, 2.05) is 30.3 Å². The van der Waals surface area contributed by atoms with Crippen LogP contribution in [0.3, 0.4) is 0 Å². The Hall–Kier alpha value is -2.93. The maximum atomic E-state index is 13.0. The summed E-state index contributed by atoms with van der Waals surface area (Å²) in [7, 11) is 0. The second-order valence-corrected chi connectivity index (χ2v) is 8.80. The van der Waals surface area contributed by atoms with Crippen LogP contribution in [0.4, 0.5) is 5.82 Å². The van der Waals surface area contributed by atoms with Crippen LogP contribution in [0.25, 0.3) is 0 Å². The van der Waals surface area contributed by atoms with Gasteiger partial charge in [0.1, 0.15) is 5.82 Å². The first-order valence-electron chi connectivity index (χ1n) is 11.6. The van der Waals surface area contributed by atoms with Gasteiger partial charge in [-0.15, -0.1) is 0 Å². The maximum Gasteiger partial charge on any atom is 0.305 e. The quantitative estimate of drug-likeness (QED) is 0.589. The number of pyridine rings is 1. The van der Waals surface area contributed by atoms with Gasteiger partial charge >= 0.3 is 5.97 Å². The number of hydrogen-bond donors (Lipinski definition) is 3. The second kappa shape index (κ2) is 10.6. The lowest BCUT2D eigenvalue weighted by molar-refractivity contribution is -0.138. The number of aliphatic carboxylic acids is 1. The van der Waals surface area contributed by atoms with E-state index in [4.69, 9.17) is 4.98 Å². The summed E-state index contributed by atoms with van der Waals surface area (Å²) in [6.45, 7) is 3.53. The van der Waals surface area contributed by atoms with Crippen LogP contribution in [0.15, 0.2) is 42.5 Å². The van der Waals surface area contributed by atoms with Crippen molar-refractivity contribution in [1.82, 2.24) is 15.2 Å². The van der Waals surface area contributed by atoms with E-state index in [1.54, 1.807) is 0 Å². The summed E-state index contributed by atoms with van der Waals surface area (Å²) >= 11 is 0. The van der Waals surface area contributed by atoms with Crippen LogP contribution in [-0.2, 0) is 22.4 Å². The lowest BCUT2D eigenvalue weighted by atomic mass is 9.95. The minimum absolute atomic E-state index is 0.0547. The first-order chi connectivity index (χ1) is 15.6. The molecular weight excluding hydrogens is 404 g/mol. The largest absolute Gasteiger partial charge is 0.481 e. The molecule has 2 aliphatic heterocycles. The molecule has 0 bridgehead atoms. The van der Waals surface area contributed by atoms with E-state index < -0.39 is 12.0 Å². The molecule has 1 fully saturated rings. The molecule has 2 aliphatic rings. The van der Waals surface area contributed by atoms with Crippen molar-refractivity contribution in [2.75, 3.05) is 31.5 Å². The third kappa shape index (κ3) is 5.85. The van der Waals surface area contributed by atoms with Crippen molar-refractivity contribution < 1.29 is 14.7 Å². The highest BCUT2D eigenvalue weighted by atomic mass is 16.4. The van der Waals surface area contributed by atoms with Crippen LogP contribution in [0, 0.1) is 5.92 Å². The molecule has 1 aromatic heterocycles. The zero-order valence-electron chi connectivity index (χ0n) is 18.4. The number of hydrogen-bond acceptors (Lipinski definition) is 5. The van der Waals surface area contributed by atoms with Crippen LogP contribution < -0.4 is 10.6 Å². The van der Waals surface area contributed by atoms with E-state index in [2.05, 4.69) is 27.7 Å². The number of fused-ring (bicyclic) bond motifs is 1. The Morgan fingerprint density at radius 3 is 2.84 bits per heavy atom. The summed E-state index contributed by atoms with van der Waals surface area (Å²) in [5, 5.41) is 15.7. The fourth-order valence-corrected chi connectivity index (χ4v) is 4.66. The number of nitrogens with zero attached hydrogens (tertiary/aromatic N) is 2. The van der Waals surface area contributed by atoms with E-state index in [0.29, 0.717) is 6.54 Å². The molecule has 7 heteroatoms. The van der Waals surface area contributed by atoms with E-state index >= 15 is 0 Å². The average molecular weight is 437 g/mol. The predicted molar refractivity (Wildman–Crippen MR) is 123 cm³/mol. The molecule has 0 aliphatic carbocycles. The third-order valence-electron chi connectivity index (χ3n) is 6.41. The standard InChI is InChI=1S/C25H32N4O3/c30-23(31)16-22(18-6-2-1-3-7-18)28-25(32)20-9-5-14-29(17-20)15-12-21-11-10-19-8-4-13-26-24(19)27-21/h1-3,6-7,10-11,20,22H,4-5,8-9,12-17H2,(H,26,27)(H,28,32)(H,30,31)/t20-,22+/m1/s1. The maximum absolute atomic E-state index is 13.0. The van der Waals surface area contributed by atoms with Crippen LogP contribution >= 0.6 is 0 Å². The minimum Gasteiger partial charge on any atom is -0.481 e. The number of carboxylic acids is 1. The molecule has 4 rings (SSSR count). The molecule has 3 N–H and O–H groups in total. The molecule has 1 amide bonds. The monoisotopic (exact) mass is 436 g/mol. The van der Waals surface area contributed by atoms with Crippen LogP contribution in [0.5, 0.6) is 0 Å². The van der Waals surface area contributed by atoms with E-state index in [0.717, 1.165) is 68.8 Å². The number of nitrogens with one attached hydrogen (secondary N) is 2. The van der Waals surface area contributed by atoms with Crippen molar-refractivity contribution in [2.24, 2.45) is 5.92 Å². The first kappa shape index (κ1) is 22.3. The highest BCUT2D eigenvalue weighted by Gasteiger charge is 2.28. The molecule has 7 nitrogen and oxygen atoms in total. The Bertz CT molecular complexity index is 934. The number of carbonyl (C=O) groups is 2. The SMILES string of the molecule is O=C(O)C[C@H](NC(=O)[C@@H]1CCCN(CCc2ccc3c(n2)NCCC3)C1)c1ccccc1. The van der Waals surface area contributed by atoms with Crippen molar-refractivity contribution >= 4 is 17.7 Å². The smallest absolute Gasteiger partial charge is 0.305 e. The number of anilines is 1. The van der Waals surface area contributed by atoms with Crippen molar-refractivity contribution in [3.05, 3.63) is 59.3 Å². The number of amides is 1. The number of carbonyl (C=O) groups excluding carboxylic acids is 1. The number of likely N-dealkylation sites (tertiary alicyclic amines) is 1. The normalized spacial score (nSPS) is 19.4. The molecule has 2 aromatic rings. The number of benzene rings is 1. The number of piperidine rings is 1. The van der Waals surface area contributed by atoms with Gasteiger partial charge in [0, 0.05) is 31.7 Å². The van der Waals surface area contributed by atoms with Crippen LogP contribution in [-0.4, -0.2) is 53.0 Å². The number of aryl methyl sites for hydroxylation is 1. The van der Waals surface area contributed by atoms with E-state index in [9.17, 15) is 14.7 Å². The molecule has 0 spiro atoms. The van der Waals surface area contributed by atoms with E-state index in [1.165, 1.54) is 5.56 Å². The van der Waals surface area contributed by atoms with Crippen molar-refractivity contribution in [1.29, 1.82) is 0 Å². The summed E-state index contributed by atoms with van der Waals surface area (Å²) in [6.07, 6.45) is 4.77. The first-order valence-corrected chi connectivity index (χ1v) is 11.6. The van der Waals surface area contributed by atoms with Gasteiger partial charge in [-0.2, -0.15) is 0 Å². The van der Waals surface area contributed by atoms with Crippen molar-refractivity contribution in [3.8, 4) is 0 Å². The number of aromatic nitrogens is 1. The zero-order chi connectivity index (χ0) is 22.3. The summed E-state index contributed by atoms with van der Waals surface area (Å²) in [4.78, 5) is 31.4. The number of carboxylic acid groups (broad SMARTS) is 1. The molecule has 0 radical (unpaired) electrons. The molecule has 0 unspecified atom stereocenters. The Labute approximate surface area is 189 Å². The van der Waals surface area contributed by atoms with Gasteiger partial charge in [-0.3, -0.25) is 9.59 Å². The van der Waals surface area contributed by atoms with Crippen molar-refractivity contribution in [2.45, 2.75) is 44.6 Å². The summed E-state index contributed by atoms with van der Waals surface area (Å²) in [5.74, 6) is -0.0747. The Morgan fingerprint density at radius 1 is 1.19 bits per heavy atom. The summed E-state index contributed by atoms with van der Waals surface area (Å²) in [5.41, 5.74) is 3.20. The summed E-state index contributed by atoms with van der Waals surface area (Å²) in [6, 6.07) is 13.1. The fourth-order valence-electron chi connectivity index (χ4n) is 4.66.